The zero-order chi connectivity index (χ0) is 17.3. The van der Waals surface area contributed by atoms with Gasteiger partial charge in [-0.1, -0.05) is 26.8 Å². The largest absolute Gasteiger partial charge is 0.411 e. The van der Waals surface area contributed by atoms with Crippen LogP contribution in [0.25, 0.3) is 0 Å². The second-order valence-electron chi connectivity index (χ2n) is 8.94. The fourth-order valence-electron chi connectivity index (χ4n) is 3.27. The van der Waals surface area contributed by atoms with Crippen molar-refractivity contribution in [2.45, 2.75) is 95.2 Å². The number of hydrogen-bond acceptors (Lipinski definition) is 5. The third-order valence-corrected chi connectivity index (χ3v) is 10.0. The zero-order valence-electron chi connectivity index (χ0n) is 15.3. The highest BCUT2D eigenvalue weighted by atomic mass is 28.4. The number of fused-ring (bicyclic) bond motifs is 4. The van der Waals surface area contributed by atoms with E-state index in [4.69, 9.17) is 18.6 Å². The molecular formula is C17H30O5Si. The number of hydrogen-bond donors (Lipinski definition) is 1. The van der Waals surface area contributed by atoms with Crippen molar-refractivity contribution in [1.29, 1.82) is 0 Å². The molecule has 3 rings (SSSR count). The van der Waals surface area contributed by atoms with Gasteiger partial charge in [0.25, 0.3) is 0 Å². The molecule has 0 radical (unpaired) electrons. The van der Waals surface area contributed by atoms with Crippen LogP contribution in [0.3, 0.4) is 0 Å². The van der Waals surface area contributed by atoms with E-state index in [2.05, 4.69) is 33.9 Å². The number of aliphatic hydroxyl groups is 1. The summed E-state index contributed by atoms with van der Waals surface area (Å²) in [6, 6.07) is 0. The molecule has 23 heavy (non-hydrogen) atoms. The van der Waals surface area contributed by atoms with E-state index >= 15 is 0 Å². The first kappa shape index (κ1) is 17.6. The van der Waals surface area contributed by atoms with Gasteiger partial charge in [-0.05, 0) is 38.1 Å². The topological polar surface area (TPSA) is 57.2 Å². The average molecular weight is 343 g/mol. The first-order valence-corrected chi connectivity index (χ1v) is 11.4. The third-order valence-electron chi connectivity index (χ3n) is 5.51. The summed E-state index contributed by atoms with van der Waals surface area (Å²) >= 11 is 0. The molecule has 0 aromatic rings. The highest BCUT2D eigenvalue weighted by Gasteiger charge is 2.60. The Morgan fingerprint density at radius 1 is 1.17 bits per heavy atom. The summed E-state index contributed by atoms with van der Waals surface area (Å²) in [5, 5.41) is 10.9. The molecule has 0 spiro atoms. The Morgan fingerprint density at radius 2 is 1.83 bits per heavy atom. The van der Waals surface area contributed by atoms with Crippen LogP contribution in [0.5, 0.6) is 0 Å². The number of ether oxygens (including phenoxy) is 3. The van der Waals surface area contributed by atoms with Gasteiger partial charge in [0.05, 0.1) is 12.2 Å². The molecule has 2 bridgehead atoms. The first-order chi connectivity index (χ1) is 10.3. The van der Waals surface area contributed by atoms with Gasteiger partial charge in [0.15, 0.2) is 14.1 Å². The van der Waals surface area contributed by atoms with E-state index in [0.717, 1.165) is 0 Å². The van der Waals surface area contributed by atoms with Crippen LogP contribution in [0.4, 0.5) is 0 Å². The molecule has 3 heterocycles. The van der Waals surface area contributed by atoms with Crippen LogP contribution in [0.15, 0.2) is 12.2 Å². The van der Waals surface area contributed by atoms with Crippen molar-refractivity contribution in [2.75, 3.05) is 0 Å². The Bertz CT molecular complexity index is 510. The average Bonchev–Trinajstić information content (AvgIpc) is 2.86. The second kappa shape index (κ2) is 5.13. The summed E-state index contributed by atoms with van der Waals surface area (Å²) in [6.45, 7) is 14.9. The maximum Gasteiger partial charge on any atom is 0.215 e. The summed E-state index contributed by atoms with van der Waals surface area (Å²) < 4.78 is 24.6. The van der Waals surface area contributed by atoms with E-state index in [0.29, 0.717) is 6.42 Å². The Balaban J connectivity index is 1.90. The van der Waals surface area contributed by atoms with E-state index in [1.807, 2.05) is 19.9 Å². The van der Waals surface area contributed by atoms with Crippen LogP contribution in [0.1, 0.15) is 41.0 Å². The van der Waals surface area contributed by atoms with Crippen molar-refractivity contribution in [3.8, 4) is 0 Å². The molecule has 0 amide bonds. The number of rotatable bonds is 2. The van der Waals surface area contributed by atoms with Crippen LogP contribution in [0, 0.1) is 0 Å². The highest BCUT2D eigenvalue weighted by molar-refractivity contribution is 6.74. The normalized spacial score (nSPS) is 42.6. The van der Waals surface area contributed by atoms with Gasteiger partial charge in [0.2, 0.25) is 5.79 Å². The van der Waals surface area contributed by atoms with Crippen LogP contribution in [-0.4, -0.2) is 49.4 Å². The summed E-state index contributed by atoms with van der Waals surface area (Å²) in [7, 11) is -1.97. The summed E-state index contributed by atoms with van der Waals surface area (Å²) in [4.78, 5) is 0. The van der Waals surface area contributed by atoms with Gasteiger partial charge >= 0.3 is 0 Å². The SMILES string of the molecule is CC1(C)O[C@H]2[C@@H](O[Si](C)(C)C(C)(C)C)C[C@@H]3C=C[C@@](O)(O3)[C@H]2O1. The predicted octanol–water partition coefficient (Wildman–Crippen LogP) is 2.94. The molecule has 0 aromatic heterocycles. The molecule has 132 valence electrons. The van der Waals surface area contributed by atoms with Crippen molar-refractivity contribution in [3.63, 3.8) is 0 Å². The molecule has 3 aliphatic heterocycles. The molecule has 6 heteroatoms. The van der Waals surface area contributed by atoms with Gasteiger partial charge in [0.1, 0.15) is 12.2 Å². The Hall–Kier alpha value is -0.243. The fraction of sp³-hybridized carbons (Fsp3) is 0.882. The summed E-state index contributed by atoms with van der Waals surface area (Å²) in [5.74, 6) is -2.18. The lowest BCUT2D eigenvalue weighted by Gasteiger charge is -2.41. The second-order valence-corrected chi connectivity index (χ2v) is 13.7. The Morgan fingerprint density at radius 3 is 2.43 bits per heavy atom. The molecular weight excluding hydrogens is 312 g/mol. The summed E-state index contributed by atoms with van der Waals surface area (Å²) in [5.41, 5.74) is 0. The quantitative estimate of drug-likeness (QED) is 0.618. The maximum atomic E-state index is 10.8. The van der Waals surface area contributed by atoms with Gasteiger partial charge in [-0.15, -0.1) is 0 Å². The van der Waals surface area contributed by atoms with Gasteiger partial charge in [-0.25, -0.2) is 0 Å². The van der Waals surface area contributed by atoms with E-state index < -0.39 is 26.0 Å². The van der Waals surface area contributed by atoms with Gasteiger partial charge in [0, 0.05) is 6.42 Å². The molecule has 1 N–H and O–H groups in total. The van der Waals surface area contributed by atoms with E-state index in [1.165, 1.54) is 0 Å². The van der Waals surface area contributed by atoms with Crippen LogP contribution in [-0.2, 0) is 18.6 Å². The molecule has 0 unspecified atom stereocenters. The van der Waals surface area contributed by atoms with E-state index in [9.17, 15) is 5.11 Å². The molecule has 0 aliphatic carbocycles. The minimum atomic E-state index is -1.97. The standard InChI is InChI=1S/C17H30O5Si/c1-15(2,3)23(6,7)22-12-10-11-8-9-17(18,19-11)14-13(12)20-16(4,5)21-14/h8-9,11-14,18H,10H2,1-7H3/t11-,12-,13-,14-,17+/m0/s1. The minimum Gasteiger partial charge on any atom is -0.411 e. The van der Waals surface area contributed by atoms with Crippen LogP contribution in [0.2, 0.25) is 18.1 Å². The first-order valence-electron chi connectivity index (χ1n) is 8.46. The van der Waals surface area contributed by atoms with Crippen LogP contribution < -0.4 is 0 Å². The van der Waals surface area contributed by atoms with Crippen molar-refractivity contribution < 1.29 is 23.7 Å². The zero-order valence-corrected chi connectivity index (χ0v) is 16.3. The molecule has 2 fully saturated rings. The molecule has 0 aromatic carbocycles. The smallest absolute Gasteiger partial charge is 0.215 e. The minimum absolute atomic E-state index is 0.108. The highest BCUT2D eigenvalue weighted by Crippen LogP contribution is 2.46. The van der Waals surface area contributed by atoms with Crippen molar-refractivity contribution in [3.05, 3.63) is 12.2 Å². The monoisotopic (exact) mass is 342 g/mol. The lowest BCUT2D eigenvalue weighted by atomic mass is 9.96. The van der Waals surface area contributed by atoms with Gasteiger partial charge in [-0.3, -0.25) is 0 Å². The molecule has 5 nitrogen and oxygen atoms in total. The fourth-order valence-corrected chi connectivity index (χ4v) is 4.61. The third kappa shape index (κ3) is 3.05. The Kier molecular flexibility index (Phi) is 3.92. The Labute approximate surface area is 140 Å². The van der Waals surface area contributed by atoms with Gasteiger partial charge < -0.3 is 23.7 Å². The maximum absolute atomic E-state index is 10.8. The lowest BCUT2D eigenvalue weighted by Crippen LogP contribution is -2.53. The molecule has 0 saturated carbocycles. The van der Waals surface area contributed by atoms with Gasteiger partial charge in [-0.2, -0.15) is 0 Å². The van der Waals surface area contributed by atoms with Crippen LogP contribution >= 0.6 is 0 Å². The molecule has 5 atom stereocenters. The van der Waals surface area contributed by atoms with Crippen molar-refractivity contribution >= 4 is 8.32 Å². The van der Waals surface area contributed by atoms with E-state index in [1.54, 1.807) is 6.08 Å². The van der Waals surface area contributed by atoms with Crippen molar-refractivity contribution in [1.82, 2.24) is 0 Å². The summed E-state index contributed by atoms with van der Waals surface area (Å²) in [6.07, 6.45) is 3.07. The molecule has 3 aliphatic rings. The molecule has 2 saturated heterocycles. The predicted molar refractivity (Wildman–Crippen MR) is 89.5 cm³/mol. The van der Waals surface area contributed by atoms with Crippen molar-refractivity contribution in [2.24, 2.45) is 0 Å². The lowest BCUT2D eigenvalue weighted by molar-refractivity contribution is -0.244. The van der Waals surface area contributed by atoms with E-state index in [-0.39, 0.29) is 23.4 Å².